The highest BCUT2D eigenvalue weighted by molar-refractivity contribution is 5.77. The lowest BCUT2D eigenvalue weighted by Crippen LogP contribution is -2.33. The zero-order valence-corrected chi connectivity index (χ0v) is 9.18. The Morgan fingerprint density at radius 1 is 1.50 bits per heavy atom. The minimum atomic E-state index is 0.521. The van der Waals surface area contributed by atoms with E-state index in [1.54, 1.807) is 12.4 Å². The van der Waals surface area contributed by atoms with Crippen molar-refractivity contribution in [1.82, 2.24) is 15.5 Å². The summed E-state index contributed by atoms with van der Waals surface area (Å²) in [6.45, 7) is 2.10. The summed E-state index contributed by atoms with van der Waals surface area (Å²) in [5, 5.41) is 8.05. The van der Waals surface area contributed by atoms with Gasteiger partial charge >= 0.3 is 0 Å². The number of nitrogens with zero attached hydrogens (tertiary/aromatic N) is 3. The Morgan fingerprint density at radius 2 is 2.44 bits per heavy atom. The molecule has 0 bridgehead atoms. The Labute approximate surface area is 93.4 Å². The third kappa shape index (κ3) is 1.53. The minimum absolute atomic E-state index is 0.521. The lowest BCUT2D eigenvalue weighted by molar-refractivity contribution is 0.456. The van der Waals surface area contributed by atoms with Crippen molar-refractivity contribution < 1.29 is 4.52 Å². The van der Waals surface area contributed by atoms with E-state index >= 15 is 0 Å². The van der Waals surface area contributed by atoms with Gasteiger partial charge in [0.2, 0.25) is 0 Å². The zero-order chi connectivity index (χ0) is 11.0. The predicted molar refractivity (Wildman–Crippen MR) is 61.5 cm³/mol. The van der Waals surface area contributed by atoms with Crippen LogP contribution in [0, 0.1) is 0 Å². The van der Waals surface area contributed by atoms with E-state index in [1.807, 2.05) is 6.07 Å². The number of fused-ring (bicyclic) bond motifs is 1. The van der Waals surface area contributed by atoms with Crippen LogP contribution < -0.4 is 10.2 Å². The van der Waals surface area contributed by atoms with Crippen LogP contribution in [-0.4, -0.2) is 36.3 Å². The van der Waals surface area contributed by atoms with Gasteiger partial charge in [0, 0.05) is 31.9 Å². The largest absolute Gasteiger partial charge is 0.356 e. The molecule has 5 nitrogen and oxygen atoms in total. The first-order valence-corrected chi connectivity index (χ1v) is 5.48. The summed E-state index contributed by atoms with van der Waals surface area (Å²) in [5.41, 5.74) is 0.794. The highest BCUT2D eigenvalue weighted by Gasteiger charge is 2.20. The van der Waals surface area contributed by atoms with E-state index in [4.69, 9.17) is 4.52 Å². The second kappa shape index (κ2) is 3.75. The van der Waals surface area contributed by atoms with Crippen molar-refractivity contribution in [2.75, 3.05) is 25.0 Å². The van der Waals surface area contributed by atoms with Crippen LogP contribution in [0.3, 0.4) is 0 Å². The fourth-order valence-electron chi connectivity index (χ4n) is 2.10. The van der Waals surface area contributed by atoms with Crippen LogP contribution in [0.15, 0.2) is 23.0 Å². The second-order valence-electron chi connectivity index (χ2n) is 4.16. The monoisotopic (exact) mass is 218 g/mol. The Morgan fingerprint density at radius 3 is 3.25 bits per heavy atom. The van der Waals surface area contributed by atoms with Crippen molar-refractivity contribution in [3.63, 3.8) is 0 Å². The summed E-state index contributed by atoms with van der Waals surface area (Å²) in [7, 11) is 2.07. The molecule has 0 radical (unpaired) electrons. The molecule has 0 amide bonds. The van der Waals surface area contributed by atoms with E-state index in [-0.39, 0.29) is 0 Å². The van der Waals surface area contributed by atoms with Gasteiger partial charge in [0.25, 0.3) is 0 Å². The third-order valence-corrected chi connectivity index (χ3v) is 3.17. The van der Waals surface area contributed by atoms with Crippen molar-refractivity contribution in [2.24, 2.45) is 0 Å². The number of anilines is 1. The molecule has 84 valence electrons. The number of likely N-dealkylation sites (N-methyl/N-ethyl adjacent to an activating group) is 1. The fourth-order valence-corrected chi connectivity index (χ4v) is 2.10. The molecule has 0 aliphatic carbocycles. The lowest BCUT2D eigenvalue weighted by Gasteiger charge is -2.24. The SMILES string of the molecule is CN(c1cc2oncc2cn1)C1CCNC1. The van der Waals surface area contributed by atoms with Gasteiger partial charge in [0.05, 0.1) is 11.6 Å². The van der Waals surface area contributed by atoms with Gasteiger partial charge in [-0.15, -0.1) is 0 Å². The van der Waals surface area contributed by atoms with E-state index in [0.29, 0.717) is 6.04 Å². The summed E-state index contributed by atoms with van der Waals surface area (Å²) >= 11 is 0. The quantitative estimate of drug-likeness (QED) is 0.815. The first-order valence-electron chi connectivity index (χ1n) is 5.48. The third-order valence-electron chi connectivity index (χ3n) is 3.17. The average molecular weight is 218 g/mol. The van der Waals surface area contributed by atoms with Crippen molar-refractivity contribution in [1.29, 1.82) is 0 Å². The maximum absolute atomic E-state index is 5.14. The van der Waals surface area contributed by atoms with Gasteiger partial charge in [0.15, 0.2) is 5.58 Å². The number of hydrogen-bond acceptors (Lipinski definition) is 5. The fraction of sp³-hybridized carbons (Fsp3) is 0.455. The van der Waals surface area contributed by atoms with Crippen LogP contribution >= 0.6 is 0 Å². The molecule has 1 unspecified atom stereocenters. The normalized spacial score (nSPS) is 20.4. The van der Waals surface area contributed by atoms with Gasteiger partial charge in [-0.2, -0.15) is 0 Å². The van der Waals surface area contributed by atoms with Crippen molar-refractivity contribution in [2.45, 2.75) is 12.5 Å². The summed E-state index contributed by atoms with van der Waals surface area (Å²) in [5.74, 6) is 0.943. The molecule has 1 fully saturated rings. The van der Waals surface area contributed by atoms with E-state index in [2.05, 4.69) is 27.4 Å². The lowest BCUT2D eigenvalue weighted by atomic mass is 10.2. The van der Waals surface area contributed by atoms with E-state index in [0.717, 1.165) is 36.3 Å². The van der Waals surface area contributed by atoms with Crippen LogP contribution in [0.2, 0.25) is 0 Å². The molecule has 16 heavy (non-hydrogen) atoms. The van der Waals surface area contributed by atoms with Crippen LogP contribution in [0.25, 0.3) is 11.0 Å². The van der Waals surface area contributed by atoms with Crippen LogP contribution in [0.5, 0.6) is 0 Å². The second-order valence-corrected chi connectivity index (χ2v) is 4.16. The molecule has 0 aromatic carbocycles. The molecule has 0 saturated carbocycles. The molecule has 0 spiro atoms. The molecular weight excluding hydrogens is 204 g/mol. The minimum Gasteiger partial charge on any atom is -0.356 e. The molecule has 1 N–H and O–H groups in total. The van der Waals surface area contributed by atoms with Crippen molar-refractivity contribution >= 4 is 16.8 Å². The molecule has 1 atom stereocenters. The molecule has 3 heterocycles. The maximum atomic E-state index is 5.14. The van der Waals surface area contributed by atoms with E-state index in [1.165, 1.54) is 0 Å². The first kappa shape index (κ1) is 9.59. The zero-order valence-electron chi connectivity index (χ0n) is 9.18. The molecule has 1 aliphatic heterocycles. The molecule has 2 aromatic rings. The topological polar surface area (TPSA) is 54.2 Å². The van der Waals surface area contributed by atoms with Crippen LogP contribution in [0.1, 0.15) is 6.42 Å². The number of aromatic nitrogens is 2. The Bertz CT molecular complexity index is 489. The summed E-state index contributed by atoms with van der Waals surface area (Å²) in [6, 6.07) is 2.47. The summed E-state index contributed by atoms with van der Waals surface area (Å²) in [4.78, 5) is 6.62. The van der Waals surface area contributed by atoms with Crippen LogP contribution in [0.4, 0.5) is 5.82 Å². The van der Waals surface area contributed by atoms with E-state index < -0.39 is 0 Å². The van der Waals surface area contributed by atoms with E-state index in [9.17, 15) is 0 Å². The summed E-state index contributed by atoms with van der Waals surface area (Å²) in [6.07, 6.45) is 4.65. The first-order chi connectivity index (χ1) is 7.84. The molecule has 1 aliphatic rings. The smallest absolute Gasteiger partial charge is 0.172 e. The average Bonchev–Trinajstić information content (AvgIpc) is 2.98. The molecule has 1 saturated heterocycles. The predicted octanol–water partition coefficient (Wildman–Crippen LogP) is 1.02. The number of nitrogens with one attached hydrogen (secondary N) is 1. The Kier molecular flexibility index (Phi) is 2.25. The standard InChI is InChI=1S/C11H14N4O/c1-15(9-2-3-12-7-9)11-4-10-8(5-13-11)6-14-16-10/h4-6,9,12H,2-3,7H2,1H3. The van der Waals surface area contributed by atoms with Gasteiger partial charge in [0.1, 0.15) is 5.82 Å². The van der Waals surface area contributed by atoms with Gasteiger partial charge in [-0.1, -0.05) is 5.16 Å². The summed E-state index contributed by atoms with van der Waals surface area (Å²) < 4.78 is 5.14. The number of rotatable bonds is 2. The van der Waals surface area contributed by atoms with Crippen LogP contribution in [-0.2, 0) is 0 Å². The Balaban J connectivity index is 1.91. The maximum Gasteiger partial charge on any atom is 0.172 e. The molecule has 5 heteroatoms. The number of hydrogen-bond donors (Lipinski definition) is 1. The van der Waals surface area contributed by atoms with Crippen molar-refractivity contribution in [3.8, 4) is 0 Å². The highest BCUT2D eigenvalue weighted by Crippen LogP contribution is 2.20. The number of pyridine rings is 1. The Hall–Kier alpha value is -1.62. The molecule has 3 rings (SSSR count). The van der Waals surface area contributed by atoms with Gasteiger partial charge in [-0.05, 0) is 13.0 Å². The molecular formula is C11H14N4O. The van der Waals surface area contributed by atoms with Crippen molar-refractivity contribution in [3.05, 3.63) is 18.5 Å². The highest BCUT2D eigenvalue weighted by atomic mass is 16.5. The van der Waals surface area contributed by atoms with Gasteiger partial charge < -0.3 is 14.7 Å². The van der Waals surface area contributed by atoms with Gasteiger partial charge in [-0.3, -0.25) is 0 Å². The van der Waals surface area contributed by atoms with Gasteiger partial charge in [-0.25, -0.2) is 4.98 Å². The molecule has 2 aromatic heterocycles.